The number of halogens is 1. The Morgan fingerprint density at radius 3 is 2.61 bits per heavy atom. The van der Waals surface area contributed by atoms with Crippen LogP contribution in [0.1, 0.15) is 15.9 Å². The predicted octanol–water partition coefficient (Wildman–Crippen LogP) is 3.75. The molecule has 2 rings (SSSR count). The number of allylic oxidation sites excluding steroid dienone is 1. The molecule has 2 aromatic rings. The quantitative estimate of drug-likeness (QED) is 0.492. The van der Waals surface area contributed by atoms with E-state index in [-0.39, 0.29) is 11.3 Å². The molecule has 6 nitrogen and oxygen atoms in total. The van der Waals surface area contributed by atoms with Crippen molar-refractivity contribution in [1.82, 2.24) is 5.43 Å². The summed E-state index contributed by atoms with van der Waals surface area (Å²) < 4.78 is 0.669. The fourth-order valence-electron chi connectivity index (χ4n) is 1.72. The first-order chi connectivity index (χ1) is 11.1. The number of benzene rings is 2. The number of carbonyl (C=O) groups is 1. The van der Waals surface area contributed by atoms with Crippen molar-refractivity contribution in [3.05, 3.63) is 80.3 Å². The number of nitrogens with one attached hydrogen (secondary N) is 1. The molecular weight excluding hydrogens is 362 g/mol. The molecule has 0 heterocycles. The van der Waals surface area contributed by atoms with Gasteiger partial charge in [-0.15, -0.1) is 0 Å². The molecule has 0 saturated heterocycles. The van der Waals surface area contributed by atoms with E-state index >= 15 is 0 Å². The van der Waals surface area contributed by atoms with Crippen molar-refractivity contribution < 1.29 is 9.72 Å². The van der Waals surface area contributed by atoms with E-state index in [1.807, 2.05) is 36.4 Å². The molecule has 7 heteroatoms. The number of nitrogens with zero attached hydrogens (tertiary/aromatic N) is 2. The number of nitro benzene ring substituents is 1. The zero-order valence-corrected chi connectivity index (χ0v) is 13.4. The molecule has 0 radical (unpaired) electrons. The molecule has 0 bridgehead atoms. The van der Waals surface area contributed by atoms with Crippen molar-refractivity contribution >= 4 is 39.8 Å². The summed E-state index contributed by atoms with van der Waals surface area (Å²) in [6.45, 7) is 0. The van der Waals surface area contributed by atoms with Gasteiger partial charge in [-0.3, -0.25) is 14.9 Å². The monoisotopic (exact) mass is 373 g/mol. The first kappa shape index (κ1) is 16.6. The van der Waals surface area contributed by atoms with Gasteiger partial charge in [0.1, 0.15) is 0 Å². The number of hydrazone groups is 1. The minimum absolute atomic E-state index is 0.146. The van der Waals surface area contributed by atoms with Crippen LogP contribution in [-0.4, -0.2) is 17.0 Å². The third kappa shape index (κ3) is 5.15. The Morgan fingerprint density at radius 1 is 1.17 bits per heavy atom. The van der Waals surface area contributed by atoms with E-state index in [9.17, 15) is 14.9 Å². The zero-order chi connectivity index (χ0) is 16.7. The molecule has 0 atom stereocenters. The van der Waals surface area contributed by atoms with Gasteiger partial charge in [-0.1, -0.05) is 36.4 Å². The third-order valence-electron chi connectivity index (χ3n) is 2.78. The van der Waals surface area contributed by atoms with E-state index in [0.717, 1.165) is 5.56 Å². The Kier molecular flexibility index (Phi) is 5.76. The average molecular weight is 374 g/mol. The summed E-state index contributed by atoms with van der Waals surface area (Å²) in [6.07, 6.45) is 3.27. The maximum Gasteiger partial charge on any atom is 0.271 e. The van der Waals surface area contributed by atoms with Crippen molar-refractivity contribution in [3.8, 4) is 0 Å². The number of nitro groups is 1. The Bertz CT molecular complexity index is 773. The van der Waals surface area contributed by atoms with E-state index in [2.05, 4.69) is 26.5 Å². The highest BCUT2D eigenvalue weighted by atomic mass is 79.9. The number of carbonyl (C=O) groups excluding carboxylic acids is 1. The molecule has 116 valence electrons. The van der Waals surface area contributed by atoms with Crippen LogP contribution in [0.15, 0.2) is 64.2 Å². The first-order valence-electron chi connectivity index (χ1n) is 6.56. The molecule has 1 N–H and O–H groups in total. The molecule has 2 aromatic carbocycles. The van der Waals surface area contributed by atoms with E-state index < -0.39 is 10.8 Å². The number of rotatable bonds is 5. The van der Waals surface area contributed by atoms with Crippen molar-refractivity contribution in [2.45, 2.75) is 0 Å². The molecule has 0 saturated carbocycles. The molecule has 0 aromatic heterocycles. The van der Waals surface area contributed by atoms with Gasteiger partial charge in [0, 0.05) is 22.2 Å². The van der Waals surface area contributed by atoms with Gasteiger partial charge >= 0.3 is 0 Å². The van der Waals surface area contributed by atoms with Crippen LogP contribution >= 0.6 is 15.9 Å². The van der Waals surface area contributed by atoms with E-state index in [4.69, 9.17) is 0 Å². The lowest BCUT2D eigenvalue weighted by molar-refractivity contribution is -0.384. The van der Waals surface area contributed by atoms with E-state index in [0.29, 0.717) is 4.48 Å². The molecule has 0 aliphatic carbocycles. The molecule has 1 amide bonds. The second-order valence-electron chi connectivity index (χ2n) is 4.45. The highest BCUT2D eigenvalue weighted by Gasteiger charge is 2.10. The first-order valence-corrected chi connectivity index (χ1v) is 7.35. The van der Waals surface area contributed by atoms with Crippen LogP contribution in [0.25, 0.3) is 6.08 Å². The Balaban J connectivity index is 2.00. The van der Waals surface area contributed by atoms with Crippen LogP contribution in [0.5, 0.6) is 0 Å². The number of non-ortho nitro benzene ring substituents is 1. The smallest absolute Gasteiger partial charge is 0.267 e. The lowest BCUT2D eigenvalue weighted by Crippen LogP contribution is -2.17. The number of amides is 1. The summed E-state index contributed by atoms with van der Waals surface area (Å²) in [5.41, 5.74) is 3.32. The second-order valence-corrected chi connectivity index (χ2v) is 5.36. The van der Waals surface area contributed by atoms with Crippen LogP contribution in [0.2, 0.25) is 0 Å². The van der Waals surface area contributed by atoms with Crippen LogP contribution < -0.4 is 5.43 Å². The van der Waals surface area contributed by atoms with Crippen molar-refractivity contribution in [1.29, 1.82) is 0 Å². The van der Waals surface area contributed by atoms with E-state index in [1.54, 1.807) is 0 Å². The van der Waals surface area contributed by atoms with Gasteiger partial charge in [-0.2, -0.15) is 5.10 Å². The van der Waals surface area contributed by atoms with Crippen molar-refractivity contribution in [3.63, 3.8) is 0 Å². The molecule has 0 unspecified atom stereocenters. The summed E-state index contributed by atoms with van der Waals surface area (Å²) in [6, 6.07) is 15.0. The highest BCUT2D eigenvalue weighted by molar-refractivity contribution is 9.12. The minimum atomic E-state index is -0.556. The van der Waals surface area contributed by atoms with Crippen molar-refractivity contribution in [2.75, 3.05) is 0 Å². The largest absolute Gasteiger partial charge is 0.271 e. The zero-order valence-electron chi connectivity index (χ0n) is 11.8. The van der Waals surface area contributed by atoms with Crippen LogP contribution in [0.4, 0.5) is 5.69 Å². The molecule has 0 spiro atoms. The summed E-state index contributed by atoms with van der Waals surface area (Å²) in [5.74, 6) is -0.523. The fraction of sp³-hybridized carbons (Fsp3) is 0. The van der Waals surface area contributed by atoms with Gasteiger partial charge in [0.2, 0.25) is 0 Å². The van der Waals surface area contributed by atoms with Gasteiger partial charge in [0.25, 0.3) is 11.6 Å². The highest BCUT2D eigenvalue weighted by Crippen LogP contribution is 2.13. The molecular formula is C16H12BrN3O3. The van der Waals surface area contributed by atoms with Crippen LogP contribution in [0.3, 0.4) is 0 Å². The standard InChI is InChI=1S/C16H12BrN3O3/c17-14(9-12-5-2-1-3-6-12)11-18-19-16(21)13-7-4-8-15(10-13)20(22)23/h1-11H,(H,19,21)/b14-9-,18-11-. The van der Waals surface area contributed by atoms with Crippen molar-refractivity contribution in [2.24, 2.45) is 5.10 Å². The SMILES string of the molecule is O=C(N/N=C\C(Br)=C\c1ccccc1)c1cccc([N+](=O)[O-])c1. The number of hydrogen-bond donors (Lipinski definition) is 1. The van der Waals surface area contributed by atoms with Crippen LogP contribution in [-0.2, 0) is 0 Å². The van der Waals surface area contributed by atoms with Gasteiger partial charge < -0.3 is 0 Å². The van der Waals surface area contributed by atoms with Crippen LogP contribution in [0, 0.1) is 10.1 Å². The molecule has 23 heavy (non-hydrogen) atoms. The summed E-state index contributed by atoms with van der Waals surface area (Å²) >= 11 is 3.32. The lowest BCUT2D eigenvalue weighted by atomic mass is 10.2. The predicted molar refractivity (Wildman–Crippen MR) is 92.4 cm³/mol. The topological polar surface area (TPSA) is 84.6 Å². The minimum Gasteiger partial charge on any atom is -0.267 e. The van der Waals surface area contributed by atoms with Gasteiger partial charge in [0.05, 0.1) is 11.1 Å². The fourth-order valence-corrected chi connectivity index (χ4v) is 2.09. The summed E-state index contributed by atoms with van der Waals surface area (Å²) in [5, 5.41) is 14.5. The van der Waals surface area contributed by atoms with Gasteiger partial charge in [-0.25, -0.2) is 5.43 Å². The summed E-state index contributed by atoms with van der Waals surface area (Å²) in [7, 11) is 0. The molecule has 0 aliphatic heterocycles. The normalized spacial score (nSPS) is 11.4. The maximum absolute atomic E-state index is 11.9. The Morgan fingerprint density at radius 2 is 1.91 bits per heavy atom. The van der Waals surface area contributed by atoms with E-state index in [1.165, 1.54) is 30.5 Å². The molecule has 0 aliphatic rings. The lowest BCUT2D eigenvalue weighted by Gasteiger charge is -1.99. The van der Waals surface area contributed by atoms with Gasteiger partial charge in [0.15, 0.2) is 0 Å². The summed E-state index contributed by atoms with van der Waals surface area (Å²) in [4.78, 5) is 22.0. The Hall–Kier alpha value is -2.80. The molecule has 0 fully saturated rings. The third-order valence-corrected chi connectivity index (χ3v) is 3.21. The average Bonchev–Trinajstić information content (AvgIpc) is 2.55. The second kappa shape index (κ2) is 8.00. The maximum atomic E-state index is 11.9. The van der Waals surface area contributed by atoms with Gasteiger partial charge in [-0.05, 0) is 33.6 Å². The number of hydrogen-bond acceptors (Lipinski definition) is 4. The Labute approximate surface area is 140 Å².